The molecule has 1 saturated carbocycles. The van der Waals surface area contributed by atoms with Crippen LogP contribution in [0.2, 0.25) is 0 Å². The molecule has 0 radical (unpaired) electrons. The van der Waals surface area contributed by atoms with Gasteiger partial charge in [-0.15, -0.1) is 0 Å². The molecule has 20 heavy (non-hydrogen) atoms. The van der Waals surface area contributed by atoms with Crippen LogP contribution in [0.15, 0.2) is 47.1 Å². The van der Waals surface area contributed by atoms with Crippen molar-refractivity contribution in [1.29, 1.82) is 0 Å². The first-order chi connectivity index (χ1) is 9.84. The summed E-state index contributed by atoms with van der Waals surface area (Å²) in [5, 5.41) is 3.10. The zero-order valence-electron chi connectivity index (χ0n) is 11.5. The average Bonchev–Trinajstić information content (AvgIpc) is 2.99. The number of furan rings is 1. The molecule has 1 heterocycles. The number of carbonyl (C=O) groups is 1. The lowest BCUT2D eigenvalue weighted by Gasteiger charge is -2.22. The predicted octanol–water partition coefficient (Wildman–Crippen LogP) is 4.01. The summed E-state index contributed by atoms with van der Waals surface area (Å²) in [5.41, 5.74) is 1.87. The van der Waals surface area contributed by atoms with Crippen LogP contribution >= 0.6 is 0 Å². The molecule has 1 fully saturated rings. The van der Waals surface area contributed by atoms with Crippen LogP contribution in [0.1, 0.15) is 42.7 Å². The van der Waals surface area contributed by atoms with Gasteiger partial charge >= 0.3 is 0 Å². The number of nitrogens with one attached hydrogen (secondary N) is 1. The molecule has 3 rings (SSSR count). The van der Waals surface area contributed by atoms with Gasteiger partial charge in [0.1, 0.15) is 0 Å². The Kier molecular flexibility index (Phi) is 3.86. The van der Waals surface area contributed by atoms with Crippen LogP contribution in [0.4, 0.5) is 0 Å². The minimum atomic E-state index is -0.0965. The first-order valence-corrected chi connectivity index (χ1v) is 7.28. The minimum absolute atomic E-state index is 0.0965. The maximum atomic E-state index is 12.4. The van der Waals surface area contributed by atoms with Crippen molar-refractivity contribution >= 4 is 5.91 Å². The topological polar surface area (TPSA) is 42.2 Å². The van der Waals surface area contributed by atoms with E-state index in [0.717, 1.165) is 24.0 Å². The SMILES string of the molecule is O=C(NC1CCCCC1)c1occc1-c1ccccc1. The van der Waals surface area contributed by atoms with Gasteiger partial charge in [0.25, 0.3) is 5.91 Å². The summed E-state index contributed by atoms with van der Waals surface area (Å²) in [7, 11) is 0. The maximum Gasteiger partial charge on any atom is 0.287 e. The smallest absolute Gasteiger partial charge is 0.287 e. The Bertz CT molecular complexity index is 568. The van der Waals surface area contributed by atoms with Crippen molar-refractivity contribution in [3.8, 4) is 11.1 Å². The molecular formula is C17H19NO2. The number of benzene rings is 1. The molecule has 1 aliphatic carbocycles. The standard InChI is InChI=1S/C17H19NO2/c19-17(18-14-9-5-2-6-10-14)16-15(11-12-20-16)13-7-3-1-4-8-13/h1,3-4,7-8,11-12,14H,2,5-6,9-10H2,(H,18,19). The molecule has 0 atom stereocenters. The van der Waals surface area contributed by atoms with Crippen LogP contribution in [0.5, 0.6) is 0 Å². The fraction of sp³-hybridized carbons (Fsp3) is 0.353. The first kappa shape index (κ1) is 13.0. The van der Waals surface area contributed by atoms with Gasteiger partial charge in [0.2, 0.25) is 0 Å². The summed E-state index contributed by atoms with van der Waals surface area (Å²) in [5.74, 6) is 0.322. The molecule has 1 aromatic carbocycles. The molecular weight excluding hydrogens is 250 g/mol. The highest BCUT2D eigenvalue weighted by Gasteiger charge is 2.21. The van der Waals surface area contributed by atoms with Crippen LogP contribution in [0.25, 0.3) is 11.1 Å². The largest absolute Gasteiger partial charge is 0.459 e. The maximum absolute atomic E-state index is 12.4. The van der Waals surface area contributed by atoms with E-state index in [1.54, 1.807) is 6.26 Å². The number of amides is 1. The zero-order valence-corrected chi connectivity index (χ0v) is 11.5. The third-order valence-electron chi connectivity index (χ3n) is 3.90. The van der Waals surface area contributed by atoms with E-state index in [-0.39, 0.29) is 5.91 Å². The summed E-state index contributed by atoms with van der Waals surface area (Å²) in [6, 6.07) is 12.0. The van der Waals surface area contributed by atoms with Crippen LogP contribution < -0.4 is 5.32 Å². The van der Waals surface area contributed by atoms with Gasteiger partial charge < -0.3 is 9.73 Å². The van der Waals surface area contributed by atoms with Gasteiger partial charge in [0, 0.05) is 11.6 Å². The van der Waals surface area contributed by atoms with E-state index in [1.165, 1.54) is 19.3 Å². The van der Waals surface area contributed by atoms with Crippen LogP contribution in [-0.4, -0.2) is 11.9 Å². The third-order valence-corrected chi connectivity index (χ3v) is 3.90. The van der Waals surface area contributed by atoms with Crippen LogP contribution in [0.3, 0.4) is 0 Å². The Morgan fingerprint density at radius 3 is 2.55 bits per heavy atom. The number of hydrogen-bond donors (Lipinski definition) is 1. The lowest BCUT2D eigenvalue weighted by atomic mass is 9.95. The quantitative estimate of drug-likeness (QED) is 0.914. The highest BCUT2D eigenvalue weighted by Crippen LogP contribution is 2.25. The summed E-state index contributed by atoms with van der Waals surface area (Å²) >= 11 is 0. The van der Waals surface area contributed by atoms with E-state index in [4.69, 9.17) is 4.42 Å². The molecule has 3 nitrogen and oxygen atoms in total. The first-order valence-electron chi connectivity index (χ1n) is 7.28. The van der Waals surface area contributed by atoms with Crippen molar-refractivity contribution in [2.45, 2.75) is 38.1 Å². The van der Waals surface area contributed by atoms with E-state index in [9.17, 15) is 4.79 Å². The number of rotatable bonds is 3. The second-order valence-electron chi connectivity index (χ2n) is 5.34. The highest BCUT2D eigenvalue weighted by atomic mass is 16.3. The van der Waals surface area contributed by atoms with Crippen LogP contribution in [0, 0.1) is 0 Å². The molecule has 0 aliphatic heterocycles. The molecule has 0 bridgehead atoms. The minimum Gasteiger partial charge on any atom is -0.459 e. The number of hydrogen-bond acceptors (Lipinski definition) is 2. The van der Waals surface area contributed by atoms with Crippen molar-refractivity contribution in [1.82, 2.24) is 5.32 Å². The summed E-state index contributed by atoms with van der Waals surface area (Å²) in [4.78, 5) is 12.4. The lowest BCUT2D eigenvalue weighted by Crippen LogP contribution is -2.36. The van der Waals surface area contributed by atoms with Crippen molar-refractivity contribution in [2.75, 3.05) is 0 Å². The van der Waals surface area contributed by atoms with E-state index in [2.05, 4.69) is 5.32 Å². The van der Waals surface area contributed by atoms with Gasteiger partial charge in [0.15, 0.2) is 5.76 Å². The van der Waals surface area contributed by atoms with Gasteiger partial charge in [-0.25, -0.2) is 0 Å². The Morgan fingerprint density at radius 2 is 1.80 bits per heavy atom. The van der Waals surface area contributed by atoms with Gasteiger partial charge in [0.05, 0.1) is 6.26 Å². The molecule has 1 amide bonds. The lowest BCUT2D eigenvalue weighted by molar-refractivity contribution is 0.0900. The van der Waals surface area contributed by atoms with Crippen molar-refractivity contribution < 1.29 is 9.21 Å². The zero-order chi connectivity index (χ0) is 13.8. The third kappa shape index (κ3) is 2.77. The Labute approximate surface area is 119 Å². The summed E-state index contributed by atoms with van der Waals surface area (Å²) in [6.45, 7) is 0. The molecule has 1 aromatic heterocycles. The van der Waals surface area contributed by atoms with Gasteiger partial charge in [-0.1, -0.05) is 49.6 Å². The molecule has 104 valence electrons. The van der Waals surface area contributed by atoms with Crippen molar-refractivity contribution in [2.24, 2.45) is 0 Å². The van der Waals surface area contributed by atoms with Crippen LogP contribution in [-0.2, 0) is 0 Å². The summed E-state index contributed by atoms with van der Waals surface area (Å²) < 4.78 is 5.41. The fourth-order valence-electron chi connectivity index (χ4n) is 2.83. The number of carbonyl (C=O) groups excluding carboxylic acids is 1. The summed E-state index contributed by atoms with van der Waals surface area (Å²) in [6.07, 6.45) is 7.42. The molecule has 0 unspecified atom stereocenters. The molecule has 3 heteroatoms. The van der Waals surface area contributed by atoms with E-state index in [0.29, 0.717) is 11.8 Å². The van der Waals surface area contributed by atoms with Gasteiger partial charge in [-0.3, -0.25) is 4.79 Å². The Hall–Kier alpha value is -2.03. The Morgan fingerprint density at radius 1 is 1.05 bits per heavy atom. The van der Waals surface area contributed by atoms with E-state index < -0.39 is 0 Å². The fourth-order valence-corrected chi connectivity index (χ4v) is 2.83. The average molecular weight is 269 g/mol. The van der Waals surface area contributed by atoms with Gasteiger partial charge in [-0.2, -0.15) is 0 Å². The second-order valence-corrected chi connectivity index (χ2v) is 5.34. The van der Waals surface area contributed by atoms with Crippen molar-refractivity contribution in [3.63, 3.8) is 0 Å². The molecule has 2 aromatic rings. The molecule has 1 N–H and O–H groups in total. The second kappa shape index (κ2) is 5.95. The monoisotopic (exact) mass is 269 g/mol. The Balaban J connectivity index is 1.77. The van der Waals surface area contributed by atoms with Crippen molar-refractivity contribution in [3.05, 3.63) is 48.4 Å². The highest BCUT2D eigenvalue weighted by molar-refractivity contribution is 5.98. The normalized spacial score (nSPS) is 16.0. The predicted molar refractivity (Wildman–Crippen MR) is 78.5 cm³/mol. The van der Waals surface area contributed by atoms with E-state index >= 15 is 0 Å². The van der Waals surface area contributed by atoms with Gasteiger partial charge in [-0.05, 0) is 24.5 Å². The molecule has 0 saturated heterocycles. The molecule has 0 spiro atoms. The molecule has 1 aliphatic rings. The van der Waals surface area contributed by atoms with E-state index in [1.807, 2.05) is 36.4 Å².